The Kier molecular flexibility index (Phi) is 6.10. The van der Waals surface area contributed by atoms with Gasteiger partial charge in [0.05, 0.1) is 6.54 Å². The number of ether oxygens (including phenoxy) is 2. The van der Waals surface area contributed by atoms with Gasteiger partial charge in [-0.25, -0.2) is 0 Å². The highest BCUT2D eigenvalue weighted by molar-refractivity contribution is 5.98. The summed E-state index contributed by atoms with van der Waals surface area (Å²) in [5, 5.41) is 5.40. The molecule has 2 amide bonds. The first-order valence-electron chi connectivity index (χ1n) is 8.89. The third kappa shape index (κ3) is 5.10. The number of fused-ring (bicyclic) bond motifs is 1. The van der Waals surface area contributed by atoms with Gasteiger partial charge in [-0.2, -0.15) is 0 Å². The molecule has 1 aliphatic rings. The molecule has 6 nitrogen and oxygen atoms in total. The van der Waals surface area contributed by atoms with E-state index in [1.54, 1.807) is 6.08 Å². The first-order valence-corrected chi connectivity index (χ1v) is 8.89. The average Bonchev–Trinajstić information content (AvgIpc) is 2.71. The van der Waals surface area contributed by atoms with Crippen LogP contribution in [0.5, 0.6) is 11.5 Å². The zero-order valence-electron chi connectivity index (χ0n) is 15.2. The Morgan fingerprint density at radius 2 is 1.85 bits per heavy atom. The van der Waals surface area contributed by atoms with Crippen LogP contribution in [0.4, 0.5) is 5.69 Å². The van der Waals surface area contributed by atoms with Crippen LogP contribution < -0.4 is 20.1 Å². The lowest BCUT2D eigenvalue weighted by Crippen LogP contribution is -2.31. The average molecular weight is 366 g/mol. The zero-order chi connectivity index (χ0) is 19.1. The third-order valence-corrected chi connectivity index (χ3v) is 4.09. The number of amides is 2. The van der Waals surface area contributed by atoms with Crippen molar-refractivity contribution < 1.29 is 19.1 Å². The van der Waals surface area contributed by atoms with Crippen LogP contribution in [0.25, 0.3) is 6.08 Å². The molecule has 2 N–H and O–H groups in total. The van der Waals surface area contributed by atoms with Gasteiger partial charge in [-0.05, 0) is 41.8 Å². The summed E-state index contributed by atoms with van der Waals surface area (Å²) < 4.78 is 11.0. The Labute approximate surface area is 158 Å². The van der Waals surface area contributed by atoms with Crippen molar-refractivity contribution >= 4 is 23.6 Å². The summed E-state index contributed by atoms with van der Waals surface area (Å²) in [6.07, 6.45) is 3.87. The SMILES string of the molecule is CCc1ccccc1NC(=O)CNC(=O)/C=C/c1ccc2c(c1)OCCO2. The minimum atomic E-state index is -0.344. The van der Waals surface area contributed by atoms with Gasteiger partial charge in [0.25, 0.3) is 0 Å². The number of rotatable bonds is 6. The van der Waals surface area contributed by atoms with Gasteiger partial charge in [-0.3, -0.25) is 9.59 Å². The molecular weight excluding hydrogens is 344 g/mol. The maximum absolute atomic E-state index is 12.0. The van der Waals surface area contributed by atoms with Gasteiger partial charge < -0.3 is 20.1 Å². The lowest BCUT2D eigenvalue weighted by Gasteiger charge is -2.18. The van der Waals surface area contributed by atoms with E-state index in [-0.39, 0.29) is 18.4 Å². The number of hydrogen-bond acceptors (Lipinski definition) is 4. The molecule has 0 aliphatic carbocycles. The summed E-state index contributed by atoms with van der Waals surface area (Å²) in [5.41, 5.74) is 2.64. The number of carbonyl (C=O) groups is 2. The molecule has 2 aromatic carbocycles. The molecule has 0 bridgehead atoms. The van der Waals surface area contributed by atoms with Gasteiger partial charge in [0, 0.05) is 11.8 Å². The molecule has 0 atom stereocenters. The van der Waals surface area contributed by atoms with Crippen LogP contribution >= 0.6 is 0 Å². The molecule has 6 heteroatoms. The van der Waals surface area contributed by atoms with Gasteiger partial charge in [-0.1, -0.05) is 31.2 Å². The highest BCUT2D eigenvalue weighted by Gasteiger charge is 2.11. The van der Waals surface area contributed by atoms with E-state index < -0.39 is 0 Å². The highest BCUT2D eigenvalue weighted by Crippen LogP contribution is 2.31. The topological polar surface area (TPSA) is 76.7 Å². The number of aryl methyl sites for hydroxylation is 1. The molecule has 27 heavy (non-hydrogen) atoms. The van der Waals surface area contributed by atoms with E-state index >= 15 is 0 Å². The van der Waals surface area contributed by atoms with E-state index in [9.17, 15) is 9.59 Å². The van der Waals surface area contributed by atoms with Crippen LogP contribution in [0.1, 0.15) is 18.1 Å². The highest BCUT2D eigenvalue weighted by atomic mass is 16.6. The van der Waals surface area contributed by atoms with Crippen molar-refractivity contribution in [3.63, 3.8) is 0 Å². The largest absolute Gasteiger partial charge is 0.486 e. The molecule has 3 rings (SSSR count). The standard InChI is InChI=1S/C21H22N2O4/c1-2-16-5-3-4-6-17(16)23-21(25)14-22-20(24)10-8-15-7-9-18-19(13-15)27-12-11-26-18/h3-10,13H,2,11-12,14H2,1H3,(H,22,24)(H,23,25)/b10-8+. The summed E-state index contributed by atoms with van der Waals surface area (Å²) >= 11 is 0. The summed E-state index contributed by atoms with van der Waals surface area (Å²) in [5.74, 6) is 0.755. The molecule has 0 unspecified atom stereocenters. The second kappa shape index (κ2) is 8.89. The monoisotopic (exact) mass is 366 g/mol. The molecule has 1 heterocycles. The van der Waals surface area contributed by atoms with Crippen LogP contribution in [0.2, 0.25) is 0 Å². The predicted octanol–water partition coefficient (Wildman–Crippen LogP) is 2.79. The van der Waals surface area contributed by atoms with Crippen molar-refractivity contribution in [2.24, 2.45) is 0 Å². The van der Waals surface area contributed by atoms with Crippen LogP contribution in [0.15, 0.2) is 48.5 Å². The van der Waals surface area contributed by atoms with Crippen molar-refractivity contribution in [3.8, 4) is 11.5 Å². The summed E-state index contributed by atoms with van der Waals surface area (Å²) in [4.78, 5) is 24.0. The minimum Gasteiger partial charge on any atom is -0.486 e. The van der Waals surface area contributed by atoms with Gasteiger partial charge in [-0.15, -0.1) is 0 Å². The molecule has 0 fully saturated rings. The number of para-hydroxylation sites is 1. The number of carbonyl (C=O) groups excluding carboxylic acids is 2. The molecule has 0 spiro atoms. The zero-order valence-corrected chi connectivity index (χ0v) is 15.2. The van der Waals surface area contributed by atoms with Gasteiger partial charge >= 0.3 is 0 Å². The Morgan fingerprint density at radius 3 is 2.67 bits per heavy atom. The van der Waals surface area contributed by atoms with E-state index in [4.69, 9.17) is 9.47 Å². The maximum atomic E-state index is 12.0. The number of benzene rings is 2. The fraction of sp³-hybridized carbons (Fsp3) is 0.238. The first-order chi connectivity index (χ1) is 13.2. The Bertz CT molecular complexity index is 861. The fourth-order valence-corrected chi connectivity index (χ4v) is 2.71. The molecule has 1 aliphatic heterocycles. The van der Waals surface area contributed by atoms with Crippen molar-refractivity contribution in [1.29, 1.82) is 0 Å². The van der Waals surface area contributed by atoms with E-state index in [1.165, 1.54) is 6.08 Å². The Balaban J connectivity index is 1.50. The van der Waals surface area contributed by atoms with E-state index in [0.717, 1.165) is 23.2 Å². The van der Waals surface area contributed by atoms with Gasteiger partial charge in [0.1, 0.15) is 13.2 Å². The summed E-state index contributed by atoms with van der Waals surface area (Å²) in [6, 6.07) is 13.1. The second-order valence-electron chi connectivity index (χ2n) is 6.01. The Morgan fingerprint density at radius 1 is 1.07 bits per heavy atom. The second-order valence-corrected chi connectivity index (χ2v) is 6.01. The predicted molar refractivity (Wildman–Crippen MR) is 104 cm³/mol. The lowest BCUT2D eigenvalue weighted by atomic mass is 10.1. The van der Waals surface area contributed by atoms with Crippen LogP contribution in [0.3, 0.4) is 0 Å². The lowest BCUT2D eigenvalue weighted by molar-refractivity contribution is -0.121. The number of hydrogen-bond donors (Lipinski definition) is 2. The number of nitrogens with one attached hydrogen (secondary N) is 2. The van der Waals surface area contributed by atoms with Crippen molar-refractivity contribution in [1.82, 2.24) is 5.32 Å². The molecular formula is C21H22N2O4. The minimum absolute atomic E-state index is 0.0949. The normalized spacial score (nSPS) is 12.6. The summed E-state index contributed by atoms with van der Waals surface area (Å²) in [6.45, 7) is 2.98. The molecule has 0 saturated carbocycles. The van der Waals surface area contributed by atoms with Crippen LogP contribution in [0, 0.1) is 0 Å². The van der Waals surface area contributed by atoms with Crippen molar-refractivity contribution in [2.45, 2.75) is 13.3 Å². The van der Waals surface area contributed by atoms with Crippen LogP contribution in [-0.4, -0.2) is 31.6 Å². The smallest absolute Gasteiger partial charge is 0.244 e. The summed E-state index contributed by atoms with van der Waals surface area (Å²) in [7, 11) is 0. The number of anilines is 1. The first kappa shape index (κ1) is 18.5. The van der Waals surface area contributed by atoms with Crippen molar-refractivity contribution in [3.05, 3.63) is 59.7 Å². The van der Waals surface area contributed by atoms with E-state index in [0.29, 0.717) is 24.7 Å². The molecule has 2 aromatic rings. The van der Waals surface area contributed by atoms with E-state index in [2.05, 4.69) is 10.6 Å². The van der Waals surface area contributed by atoms with Gasteiger partial charge in [0.2, 0.25) is 11.8 Å². The fourth-order valence-electron chi connectivity index (χ4n) is 2.71. The molecule has 140 valence electrons. The Hall–Kier alpha value is -3.28. The van der Waals surface area contributed by atoms with Crippen LogP contribution in [-0.2, 0) is 16.0 Å². The third-order valence-electron chi connectivity index (χ3n) is 4.09. The maximum Gasteiger partial charge on any atom is 0.244 e. The van der Waals surface area contributed by atoms with E-state index in [1.807, 2.05) is 49.4 Å². The molecule has 0 aromatic heterocycles. The van der Waals surface area contributed by atoms with Gasteiger partial charge in [0.15, 0.2) is 11.5 Å². The molecule has 0 radical (unpaired) electrons. The van der Waals surface area contributed by atoms with Crippen molar-refractivity contribution in [2.75, 3.05) is 25.1 Å². The quantitative estimate of drug-likeness (QED) is 0.771. The molecule has 0 saturated heterocycles.